The lowest BCUT2D eigenvalue weighted by Crippen LogP contribution is -2.27. The molecule has 0 aliphatic carbocycles. The molecular weight excluding hydrogens is 370 g/mol. The Balaban J connectivity index is 1.60. The Morgan fingerprint density at radius 1 is 1.15 bits per heavy atom. The zero-order valence-corrected chi connectivity index (χ0v) is 16.0. The van der Waals surface area contributed by atoms with Gasteiger partial charge in [-0.2, -0.15) is 4.68 Å². The van der Waals surface area contributed by atoms with Gasteiger partial charge in [-0.05, 0) is 47.2 Å². The van der Waals surface area contributed by atoms with Gasteiger partial charge in [0.2, 0.25) is 11.1 Å². The van der Waals surface area contributed by atoms with Crippen molar-refractivity contribution in [1.82, 2.24) is 25.1 Å². The average Bonchev–Trinajstić information content (AvgIpc) is 3.10. The van der Waals surface area contributed by atoms with E-state index in [1.54, 1.807) is 28.8 Å². The van der Waals surface area contributed by atoms with Gasteiger partial charge in [0.15, 0.2) is 0 Å². The normalized spacial score (nSPS) is 10.7. The Hall–Kier alpha value is -2.38. The largest absolute Gasteiger partial charge is 0.341 e. The van der Waals surface area contributed by atoms with Gasteiger partial charge in [0, 0.05) is 18.6 Å². The first-order valence-corrected chi connectivity index (χ1v) is 9.36. The summed E-state index contributed by atoms with van der Waals surface area (Å²) >= 11 is 7.21. The van der Waals surface area contributed by atoms with E-state index in [4.69, 9.17) is 11.6 Å². The second-order valence-electron chi connectivity index (χ2n) is 5.87. The quantitative estimate of drug-likeness (QED) is 0.607. The first-order chi connectivity index (χ1) is 12.5. The Kier molecular flexibility index (Phi) is 5.90. The summed E-state index contributed by atoms with van der Waals surface area (Å²) in [5.74, 6) is 0.275. The number of amides is 1. The highest BCUT2D eigenvalue weighted by Crippen LogP contribution is 2.20. The van der Waals surface area contributed by atoms with Crippen molar-refractivity contribution >= 4 is 29.3 Å². The number of benzene rings is 2. The van der Waals surface area contributed by atoms with Crippen molar-refractivity contribution in [2.75, 3.05) is 12.8 Å². The molecule has 0 aliphatic rings. The molecule has 0 saturated heterocycles. The fourth-order valence-corrected chi connectivity index (χ4v) is 3.26. The van der Waals surface area contributed by atoms with Gasteiger partial charge in [0.05, 0.1) is 11.4 Å². The summed E-state index contributed by atoms with van der Waals surface area (Å²) in [7, 11) is 1.80. The minimum Gasteiger partial charge on any atom is -0.341 e. The lowest BCUT2D eigenvalue weighted by Gasteiger charge is -2.17. The van der Waals surface area contributed by atoms with E-state index in [0.29, 0.717) is 16.7 Å². The minimum atomic E-state index is 0.0150. The second-order valence-corrected chi connectivity index (χ2v) is 7.25. The van der Waals surface area contributed by atoms with Crippen molar-refractivity contribution in [2.45, 2.75) is 18.6 Å². The average molecular weight is 388 g/mol. The van der Waals surface area contributed by atoms with Gasteiger partial charge in [-0.25, -0.2) is 0 Å². The standard InChI is InChI=1S/C18H18ClN5OS/c1-13-3-5-14(6-4-13)11-23(2)17(25)12-26-18-20-21-22-24(18)16-9-7-15(19)8-10-16/h3-10H,11-12H2,1-2H3. The van der Waals surface area contributed by atoms with Gasteiger partial charge in [-0.1, -0.05) is 53.2 Å². The lowest BCUT2D eigenvalue weighted by molar-refractivity contribution is -0.127. The van der Waals surface area contributed by atoms with Crippen LogP contribution in [0.4, 0.5) is 0 Å². The molecule has 26 heavy (non-hydrogen) atoms. The van der Waals surface area contributed by atoms with E-state index in [9.17, 15) is 4.79 Å². The molecule has 0 radical (unpaired) electrons. The molecule has 8 heteroatoms. The Labute approximate surface area is 161 Å². The molecule has 0 fully saturated rings. The number of nitrogens with zero attached hydrogens (tertiary/aromatic N) is 5. The molecule has 0 aliphatic heterocycles. The SMILES string of the molecule is Cc1ccc(CN(C)C(=O)CSc2nnnn2-c2ccc(Cl)cc2)cc1. The highest BCUT2D eigenvalue weighted by Gasteiger charge is 2.14. The van der Waals surface area contributed by atoms with Crippen LogP contribution in [0.2, 0.25) is 5.02 Å². The number of aryl methyl sites for hydroxylation is 1. The Bertz CT molecular complexity index is 879. The smallest absolute Gasteiger partial charge is 0.233 e. The summed E-state index contributed by atoms with van der Waals surface area (Å²) in [5.41, 5.74) is 3.09. The predicted molar refractivity (Wildman–Crippen MR) is 103 cm³/mol. The molecule has 3 aromatic rings. The molecule has 0 bridgehead atoms. The van der Waals surface area contributed by atoms with Crippen LogP contribution in [0.25, 0.3) is 5.69 Å². The summed E-state index contributed by atoms with van der Waals surface area (Å²) in [6.45, 7) is 2.61. The number of halogens is 1. The van der Waals surface area contributed by atoms with Crippen molar-refractivity contribution < 1.29 is 4.79 Å². The number of hydrogen-bond donors (Lipinski definition) is 0. The maximum absolute atomic E-state index is 12.4. The van der Waals surface area contributed by atoms with Gasteiger partial charge in [-0.3, -0.25) is 4.79 Å². The van der Waals surface area contributed by atoms with E-state index in [0.717, 1.165) is 11.3 Å². The van der Waals surface area contributed by atoms with Crippen LogP contribution in [0.3, 0.4) is 0 Å². The van der Waals surface area contributed by atoms with Crippen LogP contribution in [-0.4, -0.2) is 43.8 Å². The maximum Gasteiger partial charge on any atom is 0.233 e. The highest BCUT2D eigenvalue weighted by molar-refractivity contribution is 7.99. The van der Waals surface area contributed by atoms with E-state index >= 15 is 0 Å². The fraction of sp³-hybridized carbons (Fsp3) is 0.222. The molecule has 0 N–H and O–H groups in total. The number of carbonyl (C=O) groups is 1. The van der Waals surface area contributed by atoms with Crippen LogP contribution in [0.5, 0.6) is 0 Å². The topological polar surface area (TPSA) is 63.9 Å². The summed E-state index contributed by atoms with van der Waals surface area (Å²) in [4.78, 5) is 14.1. The van der Waals surface area contributed by atoms with Crippen molar-refractivity contribution in [1.29, 1.82) is 0 Å². The summed E-state index contributed by atoms with van der Waals surface area (Å²) in [5, 5.41) is 12.9. The van der Waals surface area contributed by atoms with Gasteiger partial charge in [0.1, 0.15) is 0 Å². The summed E-state index contributed by atoms with van der Waals surface area (Å²) in [6.07, 6.45) is 0. The number of tetrazole rings is 1. The number of thioether (sulfide) groups is 1. The van der Waals surface area contributed by atoms with Gasteiger partial charge in [0.25, 0.3) is 0 Å². The Morgan fingerprint density at radius 3 is 2.54 bits per heavy atom. The van der Waals surface area contributed by atoms with Crippen LogP contribution >= 0.6 is 23.4 Å². The van der Waals surface area contributed by atoms with Crippen molar-refractivity contribution in [3.05, 3.63) is 64.7 Å². The zero-order valence-electron chi connectivity index (χ0n) is 14.5. The van der Waals surface area contributed by atoms with Crippen LogP contribution < -0.4 is 0 Å². The number of hydrogen-bond acceptors (Lipinski definition) is 5. The van der Waals surface area contributed by atoms with E-state index in [-0.39, 0.29) is 11.7 Å². The van der Waals surface area contributed by atoms with E-state index in [1.807, 2.05) is 43.3 Å². The Morgan fingerprint density at radius 2 is 1.85 bits per heavy atom. The maximum atomic E-state index is 12.4. The van der Waals surface area contributed by atoms with Gasteiger partial charge >= 0.3 is 0 Å². The van der Waals surface area contributed by atoms with Gasteiger partial charge < -0.3 is 4.90 Å². The monoisotopic (exact) mass is 387 g/mol. The summed E-state index contributed by atoms with van der Waals surface area (Å²) < 4.78 is 1.59. The van der Waals surface area contributed by atoms with Crippen molar-refractivity contribution in [2.24, 2.45) is 0 Å². The third-order valence-corrected chi connectivity index (χ3v) is 4.96. The highest BCUT2D eigenvalue weighted by atomic mass is 35.5. The van der Waals surface area contributed by atoms with Crippen LogP contribution in [0.15, 0.2) is 53.7 Å². The van der Waals surface area contributed by atoms with Crippen molar-refractivity contribution in [3.8, 4) is 5.69 Å². The molecule has 2 aromatic carbocycles. The third kappa shape index (κ3) is 4.62. The fourth-order valence-electron chi connectivity index (χ4n) is 2.31. The molecule has 1 aromatic heterocycles. The molecule has 0 saturated carbocycles. The molecule has 134 valence electrons. The summed E-state index contributed by atoms with van der Waals surface area (Å²) in [6, 6.07) is 15.4. The van der Waals surface area contributed by atoms with Crippen LogP contribution in [0, 0.1) is 6.92 Å². The molecule has 1 heterocycles. The molecule has 1 amide bonds. The lowest BCUT2D eigenvalue weighted by atomic mass is 10.1. The number of aromatic nitrogens is 4. The van der Waals surface area contributed by atoms with Crippen molar-refractivity contribution in [3.63, 3.8) is 0 Å². The third-order valence-electron chi connectivity index (χ3n) is 3.80. The molecular formula is C18H18ClN5OS. The molecule has 3 rings (SSSR count). The number of rotatable bonds is 6. The van der Waals surface area contributed by atoms with E-state index < -0.39 is 0 Å². The molecule has 6 nitrogen and oxygen atoms in total. The minimum absolute atomic E-state index is 0.0150. The molecule has 0 atom stereocenters. The van der Waals surface area contributed by atoms with E-state index in [1.165, 1.54) is 17.3 Å². The van der Waals surface area contributed by atoms with Gasteiger partial charge in [-0.15, -0.1) is 5.10 Å². The number of carbonyl (C=O) groups excluding carboxylic acids is 1. The first kappa shape index (κ1) is 18.4. The predicted octanol–water partition coefficient (Wildman–Crippen LogP) is 3.37. The van der Waals surface area contributed by atoms with Crippen LogP contribution in [0.1, 0.15) is 11.1 Å². The van der Waals surface area contributed by atoms with Crippen LogP contribution in [-0.2, 0) is 11.3 Å². The molecule has 0 spiro atoms. The first-order valence-electron chi connectivity index (χ1n) is 7.99. The van der Waals surface area contributed by atoms with E-state index in [2.05, 4.69) is 15.5 Å². The molecule has 0 unspecified atom stereocenters. The zero-order chi connectivity index (χ0) is 18.5. The second kappa shape index (κ2) is 8.33.